The van der Waals surface area contributed by atoms with Gasteiger partial charge in [0.15, 0.2) is 0 Å². The van der Waals surface area contributed by atoms with Crippen LogP contribution in [0.4, 0.5) is 0 Å². The topological polar surface area (TPSA) is 29.1 Å². The van der Waals surface area contributed by atoms with Gasteiger partial charge in [0.05, 0.1) is 0 Å². The molecule has 1 N–H and O–H groups in total. The quantitative estimate of drug-likeness (QED) is 0.874. The number of carbonyl (C=O) groups is 1. The number of benzene rings is 2. The molecule has 0 aliphatic heterocycles. The van der Waals surface area contributed by atoms with Gasteiger partial charge in [-0.15, -0.1) is 0 Å². The minimum atomic E-state index is -0.0726. The van der Waals surface area contributed by atoms with E-state index in [2.05, 4.69) is 33.4 Å². The van der Waals surface area contributed by atoms with Crippen molar-refractivity contribution in [3.8, 4) is 0 Å². The average Bonchev–Trinajstić information content (AvgIpc) is 3.18. The van der Waals surface area contributed by atoms with Crippen molar-refractivity contribution >= 4 is 33.4 Å². The van der Waals surface area contributed by atoms with Crippen molar-refractivity contribution in [2.45, 2.75) is 18.4 Å². The first-order chi connectivity index (χ1) is 9.63. The van der Waals surface area contributed by atoms with E-state index in [1.165, 1.54) is 5.56 Å². The lowest BCUT2D eigenvalue weighted by Gasteiger charge is -2.06. The van der Waals surface area contributed by atoms with Gasteiger partial charge >= 0.3 is 0 Å². The summed E-state index contributed by atoms with van der Waals surface area (Å²) in [5.74, 6) is 0.361. The van der Waals surface area contributed by atoms with Crippen molar-refractivity contribution < 1.29 is 4.79 Å². The molecule has 2 nitrogen and oxygen atoms in total. The van der Waals surface area contributed by atoms with Crippen LogP contribution < -0.4 is 5.32 Å². The van der Waals surface area contributed by atoms with Crippen LogP contribution in [0.5, 0.6) is 0 Å². The number of nitrogens with one attached hydrogen (secondary N) is 1. The number of carbonyl (C=O) groups excluding carboxylic acids is 1. The van der Waals surface area contributed by atoms with E-state index in [4.69, 9.17) is 11.6 Å². The van der Waals surface area contributed by atoms with Crippen LogP contribution in [0, 0.1) is 0 Å². The monoisotopic (exact) mass is 349 g/mol. The van der Waals surface area contributed by atoms with Gasteiger partial charge < -0.3 is 5.32 Å². The molecule has 0 saturated heterocycles. The third-order valence-electron chi connectivity index (χ3n) is 3.46. The highest BCUT2D eigenvalue weighted by Gasteiger charge is 2.39. The Hall–Kier alpha value is -1.32. The number of rotatable bonds is 3. The van der Waals surface area contributed by atoms with Gasteiger partial charge in [0.2, 0.25) is 0 Å². The van der Waals surface area contributed by atoms with E-state index < -0.39 is 0 Å². The highest BCUT2D eigenvalue weighted by Crippen LogP contribution is 2.40. The second-order valence-corrected chi connectivity index (χ2v) is 6.34. The van der Waals surface area contributed by atoms with Crippen molar-refractivity contribution in [1.82, 2.24) is 5.32 Å². The molecule has 2 aromatic carbocycles. The summed E-state index contributed by atoms with van der Waals surface area (Å²) in [7, 11) is 0. The third kappa shape index (κ3) is 3.05. The fraction of sp³-hybridized carbons (Fsp3) is 0.188. The number of hydrogen-bond donors (Lipinski definition) is 1. The van der Waals surface area contributed by atoms with Crippen molar-refractivity contribution in [3.63, 3.8) is 0 Å². The summed E-state index contributed by atoms with van der Waals surface area (Å²) in [6.07, 6.45) is 0.998. The summed E-state index contributed by atoms with van der Waals surface area (Å²) in [6, 6.07) is 15.7. The molecule has 0 bridgehead atoms. The molecule has 1 amide bonds. The van der Waals surface area contributed by atoms with Crippen molar-refractivity contribution in [2.24, 2.45) is 0 Å². The number of halogens is 2. The molecule has 0 heterocycles. The largest absolute Gasteiger partial charge is 0.349 e. The van der Waals surface area contributed by atoms with Crippen LogP contribution in [0.1, 0.15) is 28.3 Å². The van der Waals surface area contributed by atoms with Crippen molar-refractivity contribution in [2.75, 3.05) is 0 Å². The molecule has 20 heavy (non-hydrogen) atoms. The van der Waals surface area contributed by atoms with E-state index in [1.807, 2.05) is 18.2 Å². The second-order valence-electron chi connectivity index (χ2n) is 4.99. The van der Waals surface area contributed by atoms with Crippen LogP contribution in [-0.4, -0.2) is 11.9 Å². The van der Waals surface area contributed by atoms with Crippen molar-refractivity contribution in [1.29, 1.82) is 0 Å². The van der Waals surface area contributed by atoms with Gasteiger partial charge in [0.1, 0.15) is 0 Å². The summed E-state index contributed by atoms with van der Waals surface area (Å²) >= 11 is 9.31. The van der Waals surface area contributed by atoms with Crippen LogP contribution in [0.2, 0.25) is 5.02 Å². The molecule has 4 heteroatoms. The Balaban J connectivity index is 1.66. The highest BCUT2D eigenvalue weighted by molar-refractivity contribution is 9.10. The summed E-state index contributed by atoms with van der Waals surface area (Å²) in [6.45, 7) is 0. The average molecular weight is 351 g/mol. The highest BCUT2D eigenvalue weighted by atomic mass is 79.9. The maximum Gasteiger partial charge on any atom is 0.251 e. The minimum Gasteiger partial charge on any atom is -0.349 e. The normalized spacial score (nSPS) is 20.5. The molecule has 102 valence electrons. The molecule has 1 fully saturated rings. The van der Waals surface area contributed by atoms with Gasteiger partial charge in [-0.2, -0.15) is 0 Å². The van der Waals surface area contributed by atoms with Crippen LogP contribution in [0.3, 0.4) is 0 Å². The van der Waals surface area contributed by atoms with Crippen LogP contribution in [0.15, 0.2) is 53.0 Å². The lowest BCUT2D eigenvalue weighted by molar-refractivity contribution is 0.0950. The molecular formula is C16H13BrClNO. The zero-order valence-corrected chi connectivity index (χ0v) is 13.0. The van der Waals surface area contributed by atoms with Gasteiger partial charge in [0, 0.05) is 27.0 Å². The van der Waals surface area contributed by atoms with Crippen LogP contribution in [0.25, 0.3) is 0 Å². The minimum absolute atomic E-state index is 0.0726. The van der Waals surface area contributed by atoms with Crippen molar-refractivity contribution in [3.05, 3.63) is 69.2 Å². The molecule has 0 radical (unpaired) electrons. The lowest BCUT2D eigenvalue weighted by atomic mass is 10.1. The third-order valence-corrected chi connectivity index (χ3v) is 4.14. The molecule has 1 saturated carbocycles. The predicted octanol–water partition coefficient (Wildman–Crippen LogP) is 4.39. The molecule has 0 spiro atoms. The first-order valence-corrected chi connectivity index (χ1v) is 7.62. The summed E-state index contributed by atoms with van der Waals surface area (Å²) in [4.78, 5) is 12.2. The van der Waals surface area contributed by atoms with E-state index in [0.29, 0.717) is 16.5 Å². The molecule has 1 aliphatic rings. The van der Waals surface area contributed by atoms with E-state index >= 15 is 0 Å². The first kappa shape index (κ1) is 13.7. The maximum atomic E-state index is 12.2. The fourth-order valence-corrected chi connectivity index (χ4v) is 3.22. The molecular weight excluding hydrogens is 338 g/mol. The van der Waals surface area contributed by atoms with Gasteiger partial charge in [-0.1, -0.05) is 57.9 Å². The Kier molecular flexibility index (Phi) is 3.81. The molecule has 0 aromatic heterocycles. The molecule has 2 atom stereocenters. The lowest BCUT2D eigenvalue weighted by Crippen LogP contribution is -2.26. The summed E-state index contributed by atoms with van der Waals surface area (Å²) in [5.41, 5.74) is 1.87. The van der Waals surface area contributed by atoms with E-state index in [9.17, 15) is 4.79 Å². The Labute approximate surface area is 131 Å². The van der Waals surface area contributed by atoms with E-state index in [-0.39, 0.29) is 11.9 Å². The molecule has 1 aliphatic carbocycles. The van der Waals surface area contributed by atoms with E-state index in [1.54, 1.807) is 18.2 Å². The summed E-state index contributed by atoms with van der Waals surface area (Å²) < 4.78 is 0.811. The summed E-state index contributed by atoms with van der Waals surface area (Å²) in [5, 5.41) is 3.61. The van der Waals surface area contributed by atoms with Crippen LogP contribution >= 0.6 is 27.5 Å². The molecule has 2 unspecified atom stereocenters. The molecule has 2 aromatic rings. The maximum absolute atomic E-state index is 12.2. The van der Waals surface area contributed by atoms with Gasteiger partial charge in [-0.25, -0.2) is 0 Å². The Morgan fingerprint density at radius 2 is 1.95 bits per heavy atom. The number of hydrogen-bond acceptors (Lipinski definition) is 1. The van der Waals surface area contributed by atoms with Gasteiger partial charge in [-0.05, 0) is 30.2 Å². The zero-order valence-electron chi connectivity index (χ0n) is 10.6. The van der Waals surface area contributed by atoms with Crippen LogP contribution in [-0.2, 0) is 0 Å². The first-order valence-electron chi connectivity index (χ1n) is 6.45. The SMILES string of the molecule is O=C(NC1CC1c1ccccc1)c1cc(Cl)cc(Br)c1. The Morgan fingerprint density at radius 1 is 1.20 bits per heavy atom. The smallest absolute Gasteiger partial charge is 0.251 e. The van der Waals surface area contributed by atoms with Gasteiger partial charge in [-0.3, -0.25) is 4.79 Å². The molecule has 3 rings (SSSR count). The fourth-order valence-electron chi connectivity index (χ4n) is 2.36. The number of amides is 1. The second kappa shape index (κ2) is 5.58. The Morgan fingerprint density at radius 3 is 2.65 bits per heavy atom. The standard InChI is InChI=1S/C16H13BrClNO/c17-12-6-11(7-13(18)8-12)16(20)19-15-9-14(15)10-4-2-1-3-5-10/h1-8,14-15H,9H2,(H,19,20). The van der Waals surface area contributed by atoms with E-state index in [0.717, 1.165) is 10.9 Å². The zero-order chi connectivity index (χ0) is 14.1. The Bertz CT molecular complexity index is 624. The van der Waals surface area contributed by atoms with Gasteiger partial charge in [0.25, 0.3) is 5.91 Å². The predicted molar refractivity (Wildman–Crippen MR) is 84.2 cm³/mol.